The van der Waals surface area contributed by atoms with E-state index in [1.807, 2.05) is 6.07 Å². The summed E-state index contributed by atoms with van der Waals surface area (Å²) in [5.41, 5.74) is 0.983. The quantitative estimate of drug-likeness (QED) is 0.866. The zero-order valence-corrected chi connectivity index (χ0v) is 11.2. The van der Waals surface area contributed by atoms with Gasteiger partial charge in [0.1, 0.15) is 0 Å². The standard InChI is InChI=1S/C14H18ClNO2/c1-9(10-4-2-3-5-10)16-11-6-7-13(15)12(8-11)14(17)18/h6-10,16H,2-5H2,1H3,(H,17,18). The predicted octanol–water partition coefficient (Wildman–Crippen LogP) is 4.03. The average molecular weight is 268 g/mol. The lowest BCUT2D eigenvalue weighted by Gasteiger charge is -2.21. The summed E-state index contributed by atoms with van der Waals surface area (Å²) in [5, 5.41) is 12.7. The van der Waals surface area contributed by atoms with Crippen molar-refractivity contribution in [1.29, 1.82) is 0 Å². The highest BCUT2D eigenvalue weighted by Gasteiger charge is 2.21. The molecule has 0 aliphatic heterocycles. The second kappa shape index (κ2) is 5.61. The monoisotopic (exact) mass is 267 g/mol. The van der Waals surface area contributed by atoms with Crippen LogP contribution in [0.3, 0.4) is 0 Å². The Balaban J connectivity index is 2.09. The van der Waals surface area contributed by atoms with Crippen molar-refractivity contribution < 1.29 is 9.90 Å². The molecule has 1 atom stereocenters. The Hall–Kier alpha value is -1.22. The smallest absolute Gasteiger partial charge is 0.337 e. The van der Waals surface area contributed by atoms with E-state index >= 15 is 0 Å². The maximum atomic E-state index is 11.0. The van der Waals surface area contributed by atoms with E-state index in [4.69, 9.17) is 16.7 Å². The Bertz CT molecular complexity index is 441. The Morgan fingerprint density at radius 2 is 2.11 bits per heavy atom. The lowest BCUT2D eigenvalue weighted by atomic mass is 9.99. The van der Waals surface area contributed by atoms with Crippen LogP contribution in [0.25, 0.3) is 0 Å². The lowest BCUT2D eigenvalue weighted by molar-refractivity contribution is 0.0697. The van der Waals surface area contributed by atoms with Crippen LogP contribution in [-0.2, 0) is 0 Å². The van der Waals surface area contributed by atoms with E-state index in [1.54, 1.807) is 12.1 Å². The zero-order valence-electron chi connectivity index (χ0n) is 10.4. The molecule has 1 fully saturated rings. The molecule has 1 aliphatic carbocycles. The molecule has 1 unspecified atom stereocenters. The fourth-order valence-electron chi connectivity index (χ4n) is 2.62. The summed E-state index contributed by atoms with van der Waals surface area (Å²) in [7, 11) is 0. The number of carboxylic acid groups (broad SMARTS) is 1. The largest absolute Gasteiger partial charge is 0.478 e. The van der Waals surface area contributed by atoms with Gasteiger partial charge in [-0.05, 0) is 43.9 Å². The number of benzene rings is 1. The van der Waals surface area contributed by atoms with Gasteiger partial charge in [0, 0.05) is 11.7 Å². The molecule has 1 saturated carbocycles. The van der Waals surface area contributed by atoms with Gasteiger partial charge in [-0.2, -0.15) is 0 Å². The number of halogens is 1. The van der Waals surface area contributed by atoms with Gasteiger partial charge < -0.3 is 10.4 Å². The van der Waals surface area contributed by atoms with Crippen molar-refractivity contribution >= 4 is 23.3 Å². The molecule has 2 N–H and O–H groups in total. The molecule has 2 rings (SSSR count). The molecule has 0 amide bonds. The maximum Gasteiger partial charge on any atom is 0.337 e. The van der Waals surface area contributed by atoms with E-state index in [-0.39, 0.29) is 10.6 Å². The predicted molar refractivity (Wildman–Crippen MR) is 73.5 cm³/mol. The molecular weight excluding hydrogens is 250 g/mol. The number of rotatable bonds is 4. The van der Waals surface area contributed by atoms with Gasteiger partial charge in [0.05, 0.1) is 10.6 Å². The third-order valence-electron chi connectivity index (χ3n) is 3.70. The molecule has 1 aliphatic rings. The van der Waals surface area contributed by atoms with E-state index in [2.05, 4.69) is 12.2 Å². The molecule has 0 aromatic heterocycles. The highest BCUT2D eigenvalue weighted by atomic mass is 35.5. The SMILES string of the molecule is CC(Nc1ccc(Cl)c(C(=O)O)c1)C1CCCC1. The molecule has 18 heavy (non-hydrogen) atoms. The van der Waals surface area contributed by atoms with Crippen molar-refractivity contribution in [2.75, 3.05) is 5.32 Å². The van der Waals surface area contributed by atoms with E-state index in [9.17, 15) is 4.79 Å². The molecular formula is C14H18ClNO2. The van der Waals surface area contributed by atoms with Crippen molar-refractivity contribution in [3.8, 4) is 0 Å². The number of nitrogens with one attached hydrogen (secondary N) is 1. The molecule has 1 aromatic carbocycles. The van der Waals surface area contributed by atoms with Gasteiger partial charge >= 0.3 is 5.97 Å². The second-order valence-corrected chi connectivity index (χ2v) is 5.38. The van der Waals surface area contributed by atoms with Crippen molar-refractivity contribution in [3.05, 3.63) is 28.8 Å². The molecule has 98 valence electrons. The summed E-state index contributed by atoms with van der Waals surface area (Å²) in [6, 6.07) is 5.45. The minimum Gasteiger partial charge on any atom is -0.478 e. The van der Waals surface area contributed by atoms with E-state index < -0.39 is 5.97 Å². The first kappa shape index (κ1) is 13.2. The number of anilines is 1. The summed E-state index contributed by atoms with van der Waals surface area (Å²) >= 11 is 5.85. The van der Waals surface area contributed by atoms with Crippen molar-refractivity contribution in [2.24, 2.45) is 5.92 Å². The Morgan fingerprint density at radius 1 is 1.44 bits per heavy atom. The van der Waals surface area contributed by atoms with Gasteiger partial charge in [-0.25, -0.2) is 4.79 Å². The van der Waals surface area contributed by atoms with Crippen LogP contribution < -0.4 is 5.32 Å². The molecule has 1 aromatic rings. The molecule has 0 bridgehead atoms. The van der Waals surface area contributed by atoms with Crippen LogP contribution in [0, 0.1) is 5.92 Å². The number of hydrogen-bond acceptors (Lipinski definition) is 2. The van der Waals surface area contributed by atoms with Gasteiger partial charge in [-0.3, -0.25) is 0 Å². The van der Waals surface area contributed by atoms with Crippen molar-refractivity contribution in [1.82, 2.24) is 0 Å². The van der Waals surface area contributed by atoms with Crippen LogP contribution in [0.1, 0.15) is 43.0 Å². The average Bonchev–Trinajstić information content (AvgIpc) is 2.85. The minimum atomic E-state index is -0.989. The van der Waals surface area contributed by atoms with Crippen LogP contribution in [0.5, 0.6) is 0 Å². The van der Waals surface area contributed by atoms with Gasteiger partial charge in [0.15, 0.2) is 0 Å². The molecule has 0 radical (unpaired) electrons. The Kier molecular flexibility index (Phi) is 4.12. The highest BCUT2D eigenvalue weighted by molar-refractivity contribution is 6.33. The third kappa shape index (κ3) is 2.96. The molecule has 0 saturated heterocycles. The van der Waals surface area contributed by atoms with E-state index in [0.717, 1.165) is 5.69 Å². The maximum absolute atomic E-state index is 11.0. The van der Waals surface area contributed by atoms with Crippen LogP contribution in [-0.4, -0.2) is 17.1 Å². The van der Waals surface area contributed by atoms with Crippen LogP contribution in [0.15, 0.2) is 18.2 Å². The molecule has 3 nitrogen and oxygen atoms in total. The Labute approximate surface area is 112 Å². The lowest BCUT2D eigenvalue weighted by Crippen LogP contribution is -2.23. The zero-order chi connectivity index (χ0) is 13.1. The molecule has 4 heteroatoms. The number of carbonyl (C=O) groups is 1. The first-order valence-corrected chi connectivity index (χ1v) is 6.75. The van der Waals surface area contributed by atoms with Crippen LogP contribution >= 0.6 is 11.6 Å². The Morgan fingerprint density at radius 3 is 2.72 bits per heavy atom. The topological polar surface area (TPSA) is 49.3 Å². The number of aromatic carboxylic acids is 1. The summed E-state index contributed by atoms with van der Waals surface area (Å²) in [6.45, 7) is 2.16. The van der Waals surface area contributed by atoms with Gasteiger partial charge in [0.25, 0.3) is 0 Å². The molecule has 0 spiro atoms. The summed E-state index contributed by atoms with van der Waals surface area (Å²) < 4.78 is 0. The normalized spacial score (nSPS) is 17.7. The van der Waals surface area contributed by atoms with Crippen molar-refractivity contribution in [3.63, 3.8) is 0 Å². The first-order chi connectivity index (χ1) is 8.58. The van der Waals surface area contributed by atoms with E-state index in [1.165, 1.54) is 25.7 Å². The van der Waals surface area contributed by atoms with Crippen molar-refractivity contribution in [2.45, 2.75) is 38.6 Å². The van der Waals surface area contributed by atoms with Gasteiger partial charge in [-0.1, -0.05) is 24.4 Å². The summed E-state index contributed by atoms with van der Waals surface area (Å²) in [5.74, 6) is -0.300. The molecule has 0 heterocycles. The van der Waals surface area contributed by atoms with Crippen LogP contribution in [0.4, 0.5) is 5.69 Å². The minimum absolute atomic E-state index is 0.153. The fraction of sp³-hybridized carbons (Fsp3) is 0.500. The second-order valence-electron chi connectivity index (χ2n) is 4.98. The third-order valence-corrected chi connectivity index (χ3v) is 4.03. The summed E-state index contributed by atoms with van der Waals surface area (Å²) in [6.07, 6.45) is 5.12. The van der Waals surface area contributed by atoms with Crippen LogP contribution in [0.2, 0.25) is 5.02 Å². The van der Waals surface area contributed by atoms with Gasteiger partial charge in [0.2, 0.25) is 0 Å². The summed E-state index contributed by atoms with van der Waals surface area (Å²) in [4.78, 5) is 11.0. The highest BCUT2D eigenvalue weighted by Crippen LogP contribution is 2.30. The number of carboxylic acids is 1. The van der Waals surface area contributed by atoms with Gasteiger partial charge in [-0.15, -0.1) is 0 Å². The van der Waals surface area contributed by atoms with E-state index in [0.29, 0.717) is 12.0 Å². The number of hydrogen-bond donors (Lipinski definition) is 2. The first-order valence-electron chi connectivity index (χ1n) is 6.37. The fourth-order valence-corrected chi connectivity index (χ4v) is 2.82.